The van der Waals surface area contributed by atoms with Crippen LogP contribution in [0.1, 0.15) is 38.5 Å². The van der Waals surface area contributed by atoms with E-state index in [0.29, 0.717) is 6.10 Å². The molecule has 0 radical (unpaired) electrons. The van der Waals surface area contributed by atoms with Gasteiger partial charge in [-0.3, -0.25) is 4.99 Å². The van der Waals surface area contributed by atoms with Gasteiger partial charge in [-0.25, -0.2) is 0 Å². The number of methoxy groups -OCH3 is 1. The number of nitrogens with one attached hydrogen (secondary N) is 2. The summed E-state index contributed by atoms with van der Waals surface area (Å²) in [5.41, 5.74) is 0. The van der Waals surface area contributed by atoms with Crippen molar-refractivity contribution >= 4 is 29.9 Å². The van der Waals surface area contributed by atoms with Crippen LogP contribution in [0, 0.1) is 0 Å². The van der Waals surface area contributed by atoms with Gasteiger partial charge in [-0.2, -0.15) is 0 Å². The van der Waals surface area contributed by atoms with E-state index in [4.69, 9.17) is 9.47 Å². The molecule has 0 heterocycles. The molecule has 1 fully saturated rings. The van der Waals surface area contributed by atoms with Crippen LogP contribution < -0.4 is 10.6 Å². The summed E-state index contributed by atoms with van der Waals surface area (Å²) in [6, 6.07) is 0. The minimum atomic E-state index is 0. The summed E-state index contributed by atoms with van der Waals surface area (Å²) in [6.45, 7) is 5.51. The maximum Gasteiger partial charge on any atom is 0.191 e. The first-order valence-electron chi connectivity index (χ1n) is 9.00. The molecule has 1 rings (SSSR count). The van der Waals surface area contributed by atoms with E-state index >= 15 is 0 Å². The highest BCUT2D eigenvalue weighted by Gasteiger charge is 2.14. The van der Waals surface area contributed by atoms with Crippen LogP contribution in [-0.4, -0.2) is 77.6 Å². The molecule has 0 amide bonds. The number of ether oxygens (including phenoxy) is 2. The lowest BCUT2D eigenvalue weighted by Crippen LogP contribution is -2.41. The summed E-state index contributed by atoms with van der Waals surface area (Å²) in [5, 5.41) is 6.69. The molecule has 6 nitrogen and oxygen atoms in total. The Morgan fingerprint density at radius 3 is 2.46 bits per heavy atom. The van der Waals surface area contributed by atoms with Gasteiger partial charge in [0.05, 0.1) is 6.10 Å². The quantitative estimate of drug-likeness (QED) is 0.204. The molecule has 24 heavy (non-hydrogen) atoms. The van der Waals surface area contributed by atoms with E-state index in [-0.39, 0.29) is 24.0 Å². The Kier molecular flexibility index (Phi) is 16.3. The van der Waals surface area contributed by atoms with Crippen molar-refractivity contribution in [1.29, 1.82) is 0 Å². The van der Waals surface area contributed by atoms with Crippen LogP contribution in [-0.2, 0) is 9.47 Å². The van der Waals surface area contributed by atoms with E-state index in [9.17, 15) is 0 Å². The molecule has 144 valence electrons. The van der Waals surface area contributed by atoms with Gasteiger partial charge in [-0.1, -0.05) is 12.8 Å². The topological polar surface area (TPSA) is 58.1 Å². The summed E-state index contributed by atoms with van der Waals surface area (Å²) in [7, 11) is 5.69. The van der Waals surface area contributed by atoms with E-state index in [1.165, 1.54) is 25.7 Å². The third-order valence-corrected chi connectivity index (χ3v) is 4.17. The standard InChI is InChI=1S/C17H36N4O2.HI/c1-18-17(20-11-13-21(2)12-7-14-22-3)19-10-6-15-23-16-8-4-5-9-16;/h16H,4-15H2,1-3H3,(H2,18,19,20);1H. The molecular formula is C17H37IN4O2. The van der Waals surface area contributed by atoms with Gasteiger partial charge in [0, 0.05) is 53.6 Å². The van der Waals surface area contributed by atoms with Gasteiger partial charge in [0.15, 0.2) is 5.96 Å². The lowest BCUT2D eigenvalue weighted by molar-refractivity contribution is 0.0574. The van der Waals surface area contributed by atoms with Gasteiger partial charge in [0.1, 0.15) is 0 Å². The predicted molar refractivity (Wildman–Crippen MR) is 112 cm³/mol. The first-order valence-corrected chi connectivity index (χ1v) is 9.00. The van der Waals surface area contributed by atoms with Gasteiger partial charge < -0.3 is 25.0 Å². The summed E-state index contributed by atoms with van der Waals surface area (Å²) >= 11 is 0. The van der Waals surface area contributed by atoms with Crippen molar-refractivity contribution in [2.24, 2.45) is 4.99 Å². The summed E-state index contributed by atoms with van der Waals surface area (Å²) in [5.74, 6) is 0.871. The molecule has 7 heteroatoms. The minimum Gasteiger partial charge on any atom is -0.385 e. The minimum absolute atomic E-state index is 0. The molecule has 0 aromatic rings. The van der Waals surface area contributed by atoms with Crippen LogP contribution in [0.3, 0.4) is 0 Å². The van der Waals surface area contributed by atoms with E-state index in [1.54, 1.807) is 7.11 Å². The Morgan fingerprint density at radius 2 is 1.79 bits per heavy atom. The largest absolute Gasteiger partial charge is 0.385 e. The number of hydrogen-bond acceptors (Lipinski definition) is 4. The molecule has 0 saturated heterocycles. The summed E-state index contributed by atoms with van der Waals surface area (Å²) < 4.78 is 10.9. The molecule has 1 aliphatic carbocycles. The third-order valence-electron chi connectivity index (χ3n) is 4.17. The van der Waals surface area contributed by atoms with E-state index in [2.05, 4.69) is 27.6 Å². The second kappa shape index (κ2) is 16.4. The number of hydrogen-bond donors (Lipinski definition) is 2. The van der Waals surface area contributed by atoms with Gasteiger partial charge in [-0.05, 0) is 32.7 Å². The fraction of sp³-hybridized carbons (Fsp3) is 0.941. The number of nitrogens with zero attached hydrogens (tertiary/aromatic N) is 2. The van der Waals surface area contributed by atoms with Gasteiger partial charge in [-0.15, -0.1) is 24.0 Å². The second-order valence-corrected chi connectivity index (χ2v) is 6.21. The smallest absolute Gasteiger partial charge is 0.191 e. The Hall–Kier alpha value is -0.120. The molecule has 1 saturated carbocycles. The van der Waals surface area contributed by atoms with Crippen molar-refractivity contribution in [3.8, 4) is 0 Å². The maximum atomic E-state index is 5.86. The molecule has 2 N–H and O–H groups in total. The molecule has 0 aromatic heterocycles. The first kappa shape index (κ1) is 23.9. The second-order valence-electron chi connectivity index (χ2n) is 6.21. The monoisotopic (exact) mass is 456 g/mol. The number of likely N-dealkylation sites (N-methyl/N-ethyl adjacent to an activating group) is 1. The number of guanidine groups is 1. The summed E-state index contributed by atoms with van der Waals surface area (Å²) in [6.07, 6.45) is 7.76. The Balaban J connectivity index is 0.00000529. The fourth-order valence-corrected chi connectivity index (χ4v) is 2.76. The van der Waals surface area contributed by atoms with Crippen LogP contribution in [0.5, 0.6) is 0 Å². The number of halogens is 1. The number of rotatable bonds is 12. The lowest BCUT2D eigenvalue weighted by Gasteiger charge is -2.18. The highest BCUT2D eigenvalue weighted by atomic mass is 127. The highest BCUT2D eigenvalue weighted by molar-refractivity contribution is 14.0. The van der Waals surface area contributed by atoms with Crippen molar-refractivity contribution in [2.75, 3.05) is 60.6 Å². The molecule has 0 bridgehead atoms. The summed E-state index contributed by atoms with van der Waals surface area (Å²) in [4.78, 5) is 6.55. The zero-order valence-electron chi connectivity index (χ0n) is 15.7. The van der Waals surface area contributed by atoms with E-state index < -0.39 is 0 Å². The third kappa shape index (κ3) is 12.3. The van der Waals surface area contributed by atoms with Gasteiger partial charge in [0.25, 0.3) is 0 Å². The van der Waals surface area contributed by atoms with Crippen LogP contribution in [0.25, 0.3) is 0 Å². The molecular weight excluding hydrogens is 419 g/mol. The van der Waals surface area contributed by atoms with Gasteiger partial charge in [0.2, 0.25) is 0 Å². The van der Waals surface area contributed by atoms with Crippen molar-refractivity contribution in [3.05, 3.63) is 0 Å². The molecule has 0 aromatic carbocycles. The average molecular weight is 456 g/mol. The SMILES string of the molecule is CN=C(NCCCOC1CCCC1)NCCN(C)CCCOC.I. The van der Waals surface area contributed by atoms with Gasteiger partial charge >= 0.3 is 0 Å². The Labute approximate surface area is 165 Å². The number of aliphatic imine (C=N–C) groups is 1. The van der Waals surface area contributed by atoms with Crippen molar-refractivity contribution < 1.29 is 9.47 Å². The molecule has 0 spiro atoms. The van der Waals surface area contributed by atoms with Crippen LogP contribution in [0.4, 0.5) is 0 Å². The highest BCUT2D eigenvalue weighted by Crippen LogP contribution is 2.20. The zero-order chi connectivity index (χ0) is 16.8. The van der Waals surface area contributed by atoms with Crippen LogP contribution in [0.15, 0.2) is 4.99 Å². The Morgan fingerprint density at radius 1 is 1.08 bits per heavy atom. The first-order chi connectivity index (χ1) is 11.3. The molecule has 1 aliphatic rings. The van der Waals surface area contributed by atoms with Crippen molar-refractivity contribution in [3.63, 3.8) is 0 Å². The van der Waals surface area contributed by atoms with E-state index in [0.717, 1.165) is 58.2 Å². The normalized spacial score (nSPS) is 15.6. The van der Waals surface area contributed by atoms with E-state index in [1.807, 2.05) is 7.05 Å². The fourth-order valence-electron chi connectivity index (χ4n) is 2.76. The molecule has 0 unspecified atom stereocenters. The zero-order valence-corrected chi connectivity index (χ0v) is 18.0. The molecule has 0 atom stereocenters. The maximum absolute atomic E-state index is 5.86. The molecule has 0 aliphatic heterocycles. The lowest BCUT2D eigenvalue weighted by atomic mass is 10.3. The van der Waals surface area contributed by atoms with Crippen molar-refractivity contribution in [2.45, 2.75) is 44.6 Å². The van der Waals surface area contributed by atoms with Crippen LogP contribution in [0.2, 0.25) is 0 Å². The van der Waals surface area contributed by atoms with Crippen LogP contribution >= 0.6 is 24.0 Å². The van der Waals surface area contributed by atoms with Crippen molar-refractivity contribution in [1.82, 2.24) is 15.5 Å². The predicted octanol–water partition coefficient (Wildman–Crippen LogP) is 2.09. The average Bonchev–Trinajstić information content (AvgIpc) is 3.06. The Bertz CT molecular complexity index is 313.